The molecule has 0 radical (unpaired) electrons. The number of nitrogens with zero attached hydrogens (tertiary/aromatic N) is 2. The van der Waals surface area contributed by atoms with Crippen molar-refractivity contribution in [2.24, 2.45) is 0 Å². The Kier molecular flexibility index (Phi) is 5.63. The van der Waals surface area contributed by atoms with Gasteiger partial charge in [0.15, 0.2) is 0 Å². The predicted molar refractivity (Wildman–Crippen MR) is 115 cm³/mol. The van der Waals surface area contributed by atoms with Crippen LogP contribution in [0.15, 0.2) is 77.7 Å². The van der Waals surface area contributed by atoms with Crippen LogP contribution in [0.4, 0.5) is 4.39 Å². The van der Waals surface area contributed by atoms with Crippen molar-refractivity contribution in [1.29, 1.82) is 5.26 Å². The molecule has 1 aliphatic rings. The Balaban J connectivity index is 1.65. The van der Waals surface area contributed by atoms with Gasteiger partial charge in [0.05, 0.1) is 23.6 Å². The molecule has 1 aliphatic heterocycles. The third-order valence-corrected chi connectivity index (χ3v) is 7.86. The molecule has 0 bridgehead atoms. The van der Waals surface area contributed by atoms with Crippen LogP contribution in [0.2, 0.25) is 0 Å². The minimum absolute atomic E-state index is 0.138. The van der Waals surface area contributed by atoms with Gasteiger partial charge in [-0.1, -0.05) is 54.6 Å². The summed E-state index contributed by atoms with van der Waals surface area (Å²) in [6, 6.07) is 20.6. The highest BCUT2D eigenvalue weighted by Gasteiger charge is 2.55. The van der Waals surface area contributed by atoms with Crippen LogP contribution in [0, 0.1) is 24.1 Å². The number of aliphatic hydroxyl groups excluding tert-OH is 1. The molecule has 1 N–H and O–H groups in total. The van der Waals surface area contributed by atoms with Crippen LogP contribution in [-0.4, -0.2) is 36.5 Å². The fourth-order valence-corrected chi connectivity index (χ4v) is 6.18. The molecular formula is C24H21FN2O3S. The molecule has 0 saturated carbocycles. The van der Waals surface area contributed by atoms with Crippen molar-refractivity contribution in [2.75, 3.05) is 6.61 Å². The van der Waals surface area contributed by atoms with E-state index in [0.29, 0.717) is 5.56 Å². The van der Waals surface area contributed by atoms with Crippen molar-refractivity contribution in [3.8, 4) is 17.2 Å². The molecule has 3 aromatic rings. The zero-order valence-electron chi connectivity index (χ0n) is 16.8. The van der Waals surface area contributed by atoms with Crippen molar-refractivity contribution in [2.45, 2.75) is 29.8 Å². The third kappa shape index (κ3) is 3.63. The summed E-state index contributed by atoms with van der Waals surface area (Å²) in [6.45, 7) is 1.31. The summed E-state index contributed by atoms with van der Waals surface area (Å²) >= 11 is 0. The van der Waals surface area contributed by atoms with Crippen LogP contribution in [0.25, 0.3) is 11.1 Å². The summed E-state index contributed by atoms with van der Waals surface area (Å²) in [5.74, 6) is -0.761. The van der Waals surface area contributed by atoms with E-state index in [1.54, 1.807) is 37.3 Å². The van der Waals surface area contributed by atoms with E-state index in [9.17, 15) is 23.2 Å². The zero-order chi connectivity index (χ0) is 22.2. The summed E-state index contributed by atoms with van der Waals surface area (Å²) in [6.07, 6.45) is 0. The second-order valence-corrected chi connectivity index (χ2v) is 9.39. The number of nitriles is 1. The average molecular weight is 437 g/mol. The molecule has 7 heteroatoms. The van der Waals surface area contributed by atoms with Crippen molar-refractivity contribution in [3.63, 3.8) is 0 Å². The van der Waals surface area contributed by atoms with E-state index in [2.05, 4.69) is 6.07 Å². The molecule has 0 spiro atoms. The molecule has 31 heavy (non-hydrogen) atoms. The molecule has 0 amide bonds. The fourth-order valence-electron chi connectivity index (χ4n) is 4.19. The van der Waals surface area contributed by atoms with Crippen molar-refractivity contribution in [3.05, 3.63) is 89.7 Å². The van der Waals surface area contributed by atoms with Gasteiger partial charge in [0, 0.05) is 5.92 Å². The summed E-state index contributed by atoms with van der Waals surface area (Å²) in [7, 11) is -3.94. The number of hydrogen-bond acceptors (Lipinski definition) is 4. The predicted octanol–water partition coefficient (Wildman–Crippen LogP) is 3.84. The van der Waals surface area contributed by atoms with E-state index in [1.165, 1.54) is 18.2 Å². The first-order valence-electron chi connectivity index (χ1n) is 9.84. The topological polar surface area (TPSA) is 81.4 Å². The van der Waals surface area contributed by atoms with Gasteiger partial charge in [-0.3, -0.25) is 0 Å². The Morgan fingerprint density at radius 3 is 2.13 bits per heavy atom. The van der Waals surface area contributed by atoms with Gasteiger partial charge in [-0.15, -0.1) is 0 Å². The number of hydrogen-bond donors (Lipinski definition) is 1. The van der Waals surface area contributed by atoms with Gasteiger partial charge < -0.3 is 5.11 Å². The molecule has 5 nitrogen and oxygen atoms in total. The van der Waals surface area contributed by atoms with E-state index in [4.69, 9.17) is 0 Å². The summed E-state index contributed by atoms with van der Waals surface area (Å²) in [4.78, 5) is 0.138. The Labute approximate surface area is 181 Å². The van der Waals surface area contributed by atoms with Crippen LogP contribution >= 0.6 is 0 Å². The maximum atomic E-state index is 13.3. The fraction of sp³-hybridized carbons (Fsp3) is 0.208. The van der Waals surface area contributed by atoms with Crippen LogP contribution in [0.5, 0.6) is 0 Å². The summed E-state index contributed by atoms with van der Waals surface area (Å²) < 4.78 is 40.8. The van der Waals surface area contributed by atoms with Gasteiger partial charge in [-0.25, -0.2) is 12.8 Å². The van der Waals surface area contributed by atoms with Gasteiger partial charge in [0.25, 0.3) is 0 Å². The first-order chi connectivity index (χ1) is 14.9. The Bertz CT molecular complexity index is 1240. The van der Waals surface area contributed by atoms with Gasteiger partial charge >= 0.3 is 0 Å². The van der Waals surface area contributed by atoms with Crippen LogP contribution < -0.4 is 0 Å². The first-order valence-corrected chi connectivity index (χ1v) is 11.3. The van der Waals surface area contributed by atoms with Gasteiger partial charge in [0.1, 0.15) is 11.9 Å². The molecule has 3 atom stereocenters. The molecule has 0 aromatic heterocycles. The number of benzene rings is 3. The maximum Gasteiger partial charge on any atom is 0.244 e. The number of aryl methyl sites for hydroxylation is 1. The molecule has 4 rings (SSSR count). The molecule has 1 heterocycles. The number of rotatable bonds is 5. The highest BCUT2D eigenvalue weighted by Crippen LogP contribution is 2.44. The molecule has 1 fully saturated rings. The Morgan fingerprint density at radius 2 is 1.58 bits per heavy atom. The highest BCUT2D eigenvalue weighted by molar-refractivity contribution is 7.89. The van der Waals surface area contributed by atoms with Crippen LogP contribution in [0.3, 0.4) is 0 Å². The average Bonchev–Trinajstić information content (AvgIpc) is 2.75. The lowest BCUT2D eigenvalue weighted by molar-refractivity contribution is 0.0556. The molecule has 3 aromatic carbocycles. The maximum absolute atomic E-state index is 13.3. The van der Waals surface area contributed by atoms with E-state index >= 15 is 0 Å². The van der Waals surface area contributed by atoms with E-state index in [-0.39, 0.29) is 10.7 Å². The standard InChI is InChI=1S/C24H21FN2O3S/c1-16-4-2-3-5-23(16)31(29,30)27-21(14-26)24(22(27)15-28)19-8-6-17(7-9-19)18-10-12-20(25)13-11-18/h2-13,21-22,24,28H,15H2,1H3/t21-,22-,24+/m0/s1. The molecule has 1 saturated heterocycles. The minimum atomic E-state index is -3.94. The lowest BCUT2D eigenvalue weighted by Crippen LogP contribution is -2.65. The molecule has 158 valence electrons. The zero-order valence-corrected chi connectivity index (χ0v) is 17.6. The summed E-state index contributed by atoms with van der Waals surface area (Å²) in [5.41, 5.74) is 3.08. The van der Waals surface area contributed by atoms with E-state index < -0.39 is 34.6 Å². The third-order valence-electron chi connectivity index (χ3n) is 5.80. The molecule has 0 aliphatic carbocycles. The van der Waals surface area contributed by atoms with Gasteiger partial charge in [-0.2, -0.15) is 9.57 Å². The quantitative estimate of drug-likeness (QED) is 0.659. The molecular weight excluding hydrogens is 415 g/mol. The second kappa shape index (κ2) is 8.23. The monoisotopic (exact) mass is 436 g/mol. The lowest BCUT2D eigenvalue weighted by atomic mass is 9.78. The Hall–Kier alpha value is -3.05. The normalized spacial score (nSPS) is 21.3. The largest absolute Gasteiger partial charge is 0.395 e. The first kappa shape index (κ1) is 21.2. The molecule has 0 unspecified atom stereocenters. The van der Waals surface area contributed by atoms with Crippen molar-refractivity contribution < 1.29 is 17.9 Å². The minimum Gasteiger partial charge on any atom is -0.395 e. The second-order valence-electron chi connectivity index (χ2n) is 7.58. The number of sulfonamides is 1. The van der Waals surface area contributed by atoms with Gasteiger partial charge in [-0.05, 0) is 47.4 Å². The van der Waals surface area contributed by atoms with Gasteiger partial charge in [0.2, 0.25) is 10.0 Å². The van der Waals surface area contributed by atoms with Crippen LogP contribution in [-0.2, 0) is 10.0 Å². The smallest absolute Gasteiger partial charge is 0.244 e. The van der Waals surface area contributed by atoms with E-state index in [0.717, 1.165) is 21.0 Å². The highest BCUT2D eigenvalue weighted by atomic mass is 32.2. The van der Waals surface area contributed by atoms with Crippen LogP contribution in [0.1, 0.15) is 17.0 Å². The summed E-state index contributed by atoms with van der Waals surface area (Å²) in [5, 5.41) is 19.8. The lowest BCUT2D eigenvalue weighted by Gasteiger charge is -2.50. The number of halogens is 1. The van der Waals surface area contributed by atoms with Crippen molar-refractivity contribution >= 4 is 10.0 Å². The number of aliphatic hydroxyl groups is 1. The van der Waals surface area contributed by atoms with Crippen molar-refractivity contribution in [1.82, 2.24) is 4.31 Å². The SMILES string of the molecule is Cc1ccccc1S(=O)(=O)N1[C@@H](C#N)[C@@H](c2ccc(-c3ccc(F)cc3)cc2)[C@@H]1CO. The van der Waals surface area contributed by atoms with E-state index in [1.807, 2.05) is 24.3 Å². The Morgan fingerprint density at radius 1 is 1.00 bits per heavy atom.